The number of nitrogens with one attached hydrogen (secondary N) is 1. The first-order valence-electron chi connectivity index (χ1n) is 4.95. The molecule has 72 valence electrons. The summed E-state index contributed by atoms with van der Waals surface area (Å²) < 4.78 is 5.39. The van der Waals surface area contributed by atoms with Crippen LogP contribution in [0.15, 0.2) is 0 Å². The monoisotopic (exact) mass is 171 g/mol. The van der Waals surface area contributed by atoms with E-state index >= 15 is 0 Å². The fraction of sp³-hybridized carbons (Fsp3) is 1.00. The number of hydrogen-bond donors (Lipinski definition) is 1. The normalized spacial score (nSPS) is 32.8. The first-order valence-corrected chi connectivity index (χ1v) is 4.95. The maximum Gasteiger partial charge on any atom is 0.0623 e. The molecule has 1 aliphatic heterocycles. The van der Waals surface area contributed by atoms with E-state index in [0.29, 0.717) is 23.9 Å². The van der Waals surface area contributed by atoms with Crippen LogP contribution in [0.2, 0.25) is 0 Å². The van der Waals surface area contributed by atoms with Crippen molar-refractivity contribution in [3.63, 3.8) is 0 Å². The van der Waals surface area contributed by atoms with Crippen LogP contribution in [0.5, 0.6) is 0 Å². The average Bonchev–Trinajstić information content (AvgIpc) is 2.36. The zero-order valence-electron chi connectivity index (χ0n) is 8.63. The molecule has 0 saturated carbocycles. The minimum atomic E-state index is 0.572. The van der Waals surface area contributed by atoms with Gasteiger partial charge in [0.15, 0.2) is 0 Å². The third-order valence-corrected chi connectivity index (χ3v) is 2.84. The van der Waals surface area contributed by atoms with Gasteiger partial charge < -0.3 is 10.1 Å². The van der Waals surface area contributed by atoms with Crippen LogP contribution in [0, 0.1) is 11.8 Å². The predicted octanol–water partition coefficient (Wildman–Crippen LogP) is 1.66. The second kappa shape index (κ2) is 4.24. The van der Waals surface area contributed by atoms with E-state index in [0.717, 1.165) is 13.2 Å². The van der Waals surface area contributed by atoms with Crippen molar-refractivity contribution < 1.29 is 4.74 Å². The molecule has 0 spiro atoms. The topological polar surface area (TPSA) is 21.3 Å². The van der Waals surface area contributed by atoms with Gasteiger partial charge in [-0.15, -0.1) is 0 Å². The quantitative estimate of drug-likeness (QED) is 0.697. The molecule has 3 atom stereocenters. The minimum Gasteiger partial charge on any atom is -0.379 e. The molecule has 0 aromatic carbocycles. The first kappa shape index (κ1) is 10.0. The SMILES string of the molecule is CC(C)C(C)NC1COCC1C. The molecule has 1 aliphatic rings. The van der Waals surface area contributed by atoms with Crippen LogP contribution in [0.4, 0.5) is 0 Å². The molecule has 2 nitrogen and oxygen atoms in total. The highest BCUT2D eigenvalue weighted by atomic mass is 16.5. The lowest BCUT2D eigenvalue weighted by molar-refractivity contribution is 0.182. The zero-order chi connectivity index (χ0) is 9.14. The van der Waals surface area contributed by atoms with E-state index in [1.54, 1.807) is 0 Å². The van der Waals surface area contributed by atoms with Crippen molar-refractivity contribution in [1.29, 1.82) is 0 Å². The summed E-state index contributed by atoms with van der Waals surface area (Å²) in [5, 5.41) is 3.60. The Morgan fingerprint density at radius 3 is 2.33 bits per heavy atom. The molecule has 0 aromatic heterocycles. The van der Waals surface area contributed by atoms with E-state index in [9.17, 15) is 0 Å². The van der Waals surface area contributed by atoms with E-state index in [1.165, 1.54) is 0 Å². The number of rotatable bonds is 3. The molecule has 1 rings (SSSR count). The van der Waals surface area contributed by atoms with Crippen molar-refractivity contribution in [3.05, 3.63) is 0 Å². The Hall–Kier alpha value is -0.0800. The fourth-order valence-corrected chi connectivity index (χ4v) is 1.40. The van der Waals surface area contributed by atoms with Gasteiger partial charge in [-0.05, 0) is 18.8 Å². The van der Waals surface area contributed by atoms with Gasteiger partial charge in [0.2, 0.25) is 0 Å². The van der Waals surface area contributed by atoms with Crippen molar-refractivity contribution in [1.82, 2.24) is 5.32 Å². The summed E-state index contributed by atoms with van der Waals surface area (Å²) in [6.07, 6.45) is 0. The molecular weight excluding hydrogens is 150 g/mol. The van der Waals surface area contributed by atoms with Gasteiger partial charge in [-0.25, -0.2) is 0 Å². The van der Waals surface area contributed by atoms with Gasteiger partial charge >= 0.3 is 0 Å². The Balaban J connectivity index is 2.30. The van der Waals surface area contributed by atoms with Gasteiger partial charge in [0.05, 0.1) is 13.2 Å². The standard InChI is InChI=1S/C10H21NO/c1-7(2)9(4)11-10-6-12-5-8(10)3/h7-11H,5-6H2,1-4H3. The molecule has 3 unspecified atom stereocenters. The predicted molar refractivity (Wildman–Crippen MR) is 51.2 cm³/mol. The Kier molecular flexibility index (Phi) is 3.53. The molecule has 1 saturated heterocycles. The first-order chi connectivity index (χ1) is 5.61. The molecule has 2 heteroatoms. The molecule has 0 aliphatic carbocycles. The van der Waals surface area contributed by atoms with Crippen LogP contribution in [0.3, 0.4) is 0 Å². The lowest BCUT2D eigenvalue weighted by Gasteiger charge is -2.23. The second-order valence-corrected chi connectivity index (χ2v) is 4.32. The average molecular weight is 171 g/mol. The Labute approximate surface area is 75.7 Å². The molecule has 12 heavy (non-hydrogen) atoms. The summed E-state index contributed by atoms with van der Waals surface area (Å²) in [5.41, 5.74) is 0. The molecule has 0 amide bonds. The van der Waals surface area contributed by atoms with Crippen LogP contribution >= 0.6 is 0 Å². The van der Waals surface area contributed by atoms with E-state index < -0.39 is 0 Å². The van der Waals surface area contributed by atoms with Crippen LogP contribution in [0.1, 0.15) is 27.7 Å². The van der Waals surface area contributed by atoms with Crippen molar-refractivity contribution in [2.75, 3.05) is 13.2 Å². The maximum absolute atomic E-state index is 5.39. The van der Waals surface area contributed by atoms with Crippen molar-refractivity contribution in [2.45, 2.75) is 39.8 Å². The summed E-state index contributed by atoms with van der Waals surface area (Å²) >= 11 is 0. The van der Waals surface area contributed by atoms with Gasteiger partial charge in [0.25, 0.3) is 0 Å². The summed E-state index contributed by atoms with van der Waals surface area (Å²) in [6.45, 7) is 10.8. The summed E-state index contributed by atoms with van der Waals surface area (Å²) in [5.74, 6) is 1.38. The van der Waals surface area contributed by atoms with E-state index in [4.69, 9.17) is 4.74 Å². The number of ether oxygens (including phenoxy) is 1. The lowest BCUT2D eigenvalue weighted by Crippen LogP contribution is -2.42. The summed E-state index contributed by atoms with van der Waals surface area (Å²) in [6, 6.07) is 1.17. The highest BCUT2D eigenvalue weighted by molar-refractivity contribution is 4.81. The molecule has 0 bridgehead atoms. The van der Waals surface area contributed by atoms with Crippen molar-refractivity contribution in [3.8, 4) is 0 Å². The van der Waals surface area contributed by atoms with Gasteiger partial charge in [0.1, 0.15) is 0 Å². The maximum atomic E-state index is 5.39. The number of hydrogen-bond acceptors (Lipinski definition) is 2. The summed E-state index contributed by atoms with van der Waals surface area (Å²) in [4.78, 5) is 0. The van der Waals surface area contributed by atoms with Crippen LogP contribution in [-0.4, -0.2) is 25.3 Å². The molecule has 0 aromatic rings. The highest BCUT2D eigenvalue weighted by Gasteiger charge is 2.25. The van der Waals surface area contributed by atoms with Crippen LogP contribution < -0.4 is 5.32 Å². The minimum absolute atomic E-state index is 0.572. The molecule has 1 N–H and O–H groups in total. The van der Waals surface area contributed by atoms with Crippen LogP contribution in [0.25, 0.3) is 0 Å². The Morgan fingerprint density at radius 1 is 1.25 bits per heavy atom. The lowest BCUT2D eigenvalue weighted by atomic mass is 10.0. The molecule has 0 radical (unpaired) electrons. The van der Waals surface area contributed by atoms with Gasteiger partial charge in [-0.3, -0.25) is 0 Å². The Bertz CT molecular complexity index is 136. The van der Waals surface area contributed by atoms with E-state index in [-0.39, 0.29) is 0 Å². The van der Waals surface area contributed by atoms with Crippen molar-refractivity contribution in [2.24, 2.45) is 11.8 Å². The van der Waals surface area contributed by atoms with Gasteiger partial charge in [-0.2, -0.15) is 0 Å². The molecular formula is C10H21NO. The fourth-order valence-electron chi connectivity index (χ4n) is 1.40. The van der Waals surface area contributed by atoms with E-state index in [1.807, 2.05) is 0 Å². The van der Waals surface area contributed by atoms with Crippen molar-refractivity contribution >= 4 is 0 Å². The van der Waals surface area contributed by atoms with Gasteiger partial charge in [-0.1, -0.05) is 20.8 Å². The molecule has 1 fully saturated rings. The van der Waals surface area contributed by atoms with Crippen LogP contribution in [-0.2, 0) is 4.74 Å². The third-order valence-electron chi connectivity index (χ3n) is 2.84. The second-order valence-electron chi connectivity index (χ2n) is 4.32. The molecule has 1 heterocycles. The third kappa shape index (κ3) is 2.46. The summed E-state index contributed by atoms with van der Waals surface area (Å²) in [7, 11) is 0. The Morgan fingerprint density at radius 2 is 1.92 bits per heavy atom. The highest BCUT2D eigenvalue weighted by Crippen LogP contribution is 2.14. The largest absolute Gasteiger partial charge is 0.379 e. The van der Waals surface area contributed by atoms with E-state index in [2.05, 4.69) is 33.0 Å². The van der Waals surface area contributed by atoms with Gasteiger partial charge in [0, 0.05) is 12.1 Å². The zero-order valence-corrected chi connectivity index (χ0v) is 8.63. The smallest absolute Gasteiger partial charge is 0.0623 e.